The van der Waals surface area contributed by atoms with Crippen LogP contribution in [0.5, 0.6) is 0 Å². The van der Waals surface area contributed by atoms with Crippen molar-refractivity contribution in [2.75, 3.05) is 0 Å². The van der Waals surface area contributed by atoms with Crippen LogP contribution >= 0.6 is 0 Å². The molecule has 0 saturated heterocycles. The van der Waals surface area contributed by atoms with Gasteiger partial charge in [0.15, 0.2) is 11.6 Å². The summed E-state index contributed by atoms with van der Waals surface area (Å²) in [5.41, 5.74) is -0.589. The van der Waals surface area contributed by atoms with Gasteiger partial charge in [-0.2, -0.15) is 0 Å². The van der Waals surface area contributed by atoms with Crippen molar-refractivity contribution in [1.82, 2.24) is 0 Å². The van der Waals surface area contributed by atoms with E-state index >= 15 is 0 Å². The molecule has 1 aromatic rings. The molecule has 0 radical (unpaired) electrons. The van der Waals surface area contributed by atoms with E-state index in [-0.39, 0.29) is 16.9 Å². The van der Waals surface area contributed by atoms with E-state index in [2.05, 4.69) is 0 Å². The lowest BCUT2D eigenvalue weighted by Gasteiger charge is -2.29. The highest BCUT2D eigenvalue weighted by Crippen LogP contribution is 2.37. The van der Waals surface area contributed by atoms with Gasteiger partial charge in [0.1, 0.15) is 17.1 Å². The van der Waals surface area contributed by atoms with Crippen LogP contribution < -0.4 is 0 Å². The molecule has 0 aliphatic heterocycles. The van der Waals surface area contributed by atoms with E-state index in [1.807, 2.05) is 30.3 Å². The van der Waals surface area contributed by atoms with Crippen molar-refractivity contribution in [2.45, 2.75) is 20.8 Å². The fraction of sp³-hybridized carbons (Fsp3) is 0.222. The van der Waals surface area contributed by atoms with Gasteiger partial charge in [-0.15, -0.1) is 0 Å². The highest BCUT2D eigenvalue weighted by Gasteiger charge is 2.45. The third-order valence-corrected chi connectivity index (χ3v) is 3.80. The van der Waals surface area contributed by atoms with Gasteiger partial charge in [-0.1, -0.05) is 36.4 Å². The zero-order valence-corrected chi connectivity index (χ0v) is 12.8. The summed E-state index contributed by atoms with van der Waals surface area (Å²) in [6.45, 7) is 4.49. The van der Waals surface area contributed by atoms with Crippen molar-refractivity contribution in [1.29, 1.82) is 0 Å². The zero-order valence-electron chi connectivity index (χ0n) is 12.8. The van der Waals surface area contributed by atoms with Crippen LogP contribution in [0, 0.1) is 5.41 Å². The first kappa shape index (κ1) is 15.8. The minimum Gasteiger partial charge on any atom is -0.511 e. The van der Waals surface area contributed by atoms with Gasteiger partial charge in [-0.05, 0) is 32.4 Å². The van der Waals surface area contributed by atoms with Crippen LogP contribution in [-0.4, -0.2) is 21.8 Å². The molecule has 0 saturated carbocycles. The number of Topliss-reactive ketones (excluding diaryl/α,β-unsaturated/α-hetero) is 2. The maximum absolute atomic E-state index is 12.4. The number of hydrogen-bond donors (Lipinski definition) is 2. The monoisotopic (exact) mass is 298 g/mol. The number of aliphatic hydroxyl groups is 2. The van der Waals surface area contributed by atoms with E-state index in [4.69, 9.17) is 0 Å². The maximum Gasteiger partial charge on any atom is 0.199 e. The van der Waals surface area contributed by atoms with Gasteiger partial charge in [0.2, 0.25) is 0 Å². The Balaban J connectivity index is 2.48. The molecule has 1 aliphatic carbocycles. The van der Waals surface area contributed by atoms with E-state index in [0.717, 1.165) is 5.56 Å². The Hall–Kier alpha value is -2.62. The van der Waals surface area contributed by atoms with Gasteiger partial charge >= 0.3 is 0 Å². The molecule has 4 heteroatoms. The molecule has 0 atom stereocenters. The van der Waals surface area contributed by atoms with Crippen molar-refractivity contribution >= 4 is 17.6 Å². The predicted octanol–water partition coefficient (Wildman–Crippen LogP) is 3.52. The van der Waals surface area contributed by atoms with Crippen molar-refractivity contribution in [2.24, 2.45) is 5.41 Å². The van der Waals surface area contributed by atoms with Gasteiger partial charge in [0.05, 0.1) is 5.41 Å². The van der Waals surface area contributed by atoms with Crippen molar-refractivity contribution in [3.05, 3.63) is 64.6 Å². The number of rotatable bonds is 2. The van der Waals surface area contributed by atoms with E-state index in [9.17, 15) is 19.8 Å². The van der Waals surface area contributed by atoms with Gasteiger partial charge in [0, 0.05) is 5.57 Å². The number of hydrogen-bond acceptors (Lipinski definition) is 4. The molecule has 114 valence electrons. The van der Waals surface area contributed by atoms with Crippen LogP contribution in [0.2, 0.25) is 0 Å². The van der Waals surface area contributed by atoms with E-state index in [1.165, 1.54) is 26.8 Å². The second kappa shape index (κ2) is 5.64. The van der Waals surface area contributed by atoms with Crippen molar-refractivity contribution in [3.63, 3.8) is 0 Å². The van der Waals surface area contributed by atoms with Crippen LogP contribution in [0.4, 0.5) is 0 Å². The summed E-state index contributed by atoms with van der Waals surface area (Å²) in [7, 11) is 0. The summed E-state index contributed by atoms with van der Waals surface area (Å²) in [5, 5.41) is 20.1. The van der Waals surface area contributed by atoms with Crippen LogP contribution in [0.25, 0.3) is 6.08 Å². The summed E-state index contributed by atoms with van der Waals surface area (Å²) in [5.74, 6) is -1.86. The van der Waals surface area contributed by atoms with Gasteiger partial charge < -0.3 is 10.2 Å². The second-order valence-corrected chi connectivity index (χ2v) is 5.76. The zero-order chi connectivity index (χ0) is 16.5. The smallest absolute Gasteiger partial charge is 0.199 e. The van der Waals surface area contributed by atoms with E-state index in [0.29, 0.717) is 0 Å². The average Bonchev–Trinajstić information content (AvgIpc) is 2.51. The number of aliphatic hydroxyl groups excluding tert-OH is 2. The summed E-state index contributed by atoms with van der Waals surface area (Å²) < 4.78 is 0. The largest absolute Gasteiger partial charge is 0.511 e. The second-order valence-electron chi connectivity index (χ2n) is 5.76. The first-order valence-electron chi connectivity index (χ1n) is 6.93. The first-order valence-corrected chi connectivity index (χ1v) is 6.93. The fourth-order valence-corrected chi connectivity index (χ4v) is 2.34. The molecule has 0 unspecified atom stereocenters. The molecule has 0 aromatic heterocycles. The summed E-state index contributed by atoms with van der Waals surface area (Å²) in [6.07, 6.45) is 2.94. The molecule has 2 rings (SSSR count). The number of ketones is 2. The number of carbonyl (C=O) groups is 2. The normalized spacial score (nSPS) is 20.7. The van der Waals surface area contributed by atoms with Crippen LogP contribution in [-0.2, 0) is 9.59 Å². The standard InChI is InChI=1S/C18H18O4/c1-11-15(20)14(17(22)18(2,3)16(11)21)13(19)10-9-12-7-5-4-6-8-12/h4-10,19,21H,1-3H3/b10-9+,14-13+. The molecular formula is C18H18O4. The van der Waals surface area contributed by atoms with Gasteiger partial charge in [0.25, 0.3) is 0 Å². The number of carbonyl (C=O) groups excluding carboxylic acids is 2. The quantitative estimate of drug-likeness (QED) is 0.497. The Morgan fingerprint density at radius 3 is 2.32 bits per heavy atom. The van der Waals surface area contributed by atoms with Gasteiger partial charge in [-0.3, -0.25) is 9.59 Å². The topological polar surface area (TPSA) is 74.6 Å². The highest BCUT2D eigenvalue weighted by atomic mass is 16.3. The predicted molar refractivity (Wildman–Crippen MR) is 84.3 cm³/mol. The molecule has 0 bridgehead atoms. The minimum absolute atomic E-state index is 0.0826. The van der Waals surface area contributed by atoms with Crippen LogP contribution in [0.15, 0.2) is 59.1 Å². The fourth-order valence-electron chi connectivity index (χ4n) is 2.34. The Labute approximate surface area is 129 Å². The molecular weight excluding hydrogens is 280 g/mol. The Kier molecular flexibility index (Phi) is 4.04. The van der Waals surface area contributed by atoms with E-state index in [1.54, 1.807) is 6.08 Å². The molecule has 22 heavy (non-hydrogen) atoms. The highest BCUT2D eigenvalue weighted by molar-refractivity contribution is 6.30. The molecule has 0 amide bonds. The molecule has 0 heterocycles. The number of allylic oxidation sites excluding steroid dienone is 4. The first-order chi connectivity index (χ1) is 10.3. The van der Waals surface area contributed by atoms with Gasteiger partial charge in [-0.25, -0.2) is 0 Å². The van der Waals surface area contributed by atoms with Crippen molar-refractivity contribution < 1.29 is 19.8 Å². The Morgan fingerprint density at radius 1 is 1.14 bits per heavy atom. The number of benzene rings is 1. The Morgan fingerprint density at radius 2 is 1.73 bits per heavy atom. The average molecular weight is 298 g/mol. The lowest BCUT2D eigenvalue weighted by atomic mass is 9.73. The molecule has 0 fully saturated rings. The summed E-state index contributed by atoms with van der Waals surface area (Å²) in [6, 6.07) is 9.21. The maximum atomic E-state index is 12.4. The summed E-state index contributed by atoms with van der Waals surface area (Å²) in [4.78, 5) is 24.6. The molecule has 0 spiro atoms. The van der Waals surface area contributed by atoms with Crippen LogP contribution in [0.1, 0.15) is 26.3 Å². The molecule has 4 nitrogen and oxygen atoms in total. The van der Waals surface area contributed by atoms with Crippen LogP contribution in [0.3, 0.4) is 0 Å². The molecule has 1 aliphatic rings. The molecule has 2 N–H and O–H groups in total. The third-order valence-electron chi connectivity index (χ3n) is 3.80. The van der Waals surface area contributed by atoms with Crippen molar-refractivity contribution in [3.8, 4) is 0 Å². The van der Waals surface area contributed by atoms with E-state index < -0.39 is 22.7 Å². The third kappa shape index (κ3) is 2.60. The minimum atomic E-state index is -1.22. The lowest BCUT2D eigenvalue weighted by molar-refractivity contribution is -0.127. The lowest BCUT2D eigenvalue weighted by Crippen LogP contribution is -2.37. The molecule has 1 aromatic carbocycles. The SMILES string of the molecule is CC1=C(O)C(C)(C)C(=O)/C(=C(O)\C=C\c2ccccc2)C1=O. The Bertz CT molecular complexity index is 719. The summed E-state index contributed by atoms with van der Waals surface area (Å²) >= 11 is 0.